The Morgan fingerprint density at radius 2 is 2.04 bits per heavy atom. The van der Waals surface area contributed by atoms with E-state index in [1.54, 1.807) is 18.2 Å². The number of nitrogens with one attached hydrogen (secondary N) is 1. The number of carbonyl (C=O) groups excluding carboxylic acids is 1. The second-order valence-electron chi connectivity index (χ2n) is 5.85. The number of benzene rings is 1. The number of hydrogen-bond acceptors (Lipinski definition) is 4. The molecule has 5 nitrogen and oxygen atoms in total. The molecule has 8 heteroatoms. The zero-order chi connectivity index (χ0) is 17.1. The molecule has 1 aromatic heterocycles. The van der Waals surface area contributed by atoms with Crippen LogP contribution >= 0.6 is 35.0 Å². The van der Waals surface area contributed by atoms with E-state index in [4.69, 9.17) is 23.2 Å². The summed E-state index contributed by atoms with van der Waals surface area (Å²) in [6.07, 6.45) is 4.86. The first-order valence-electron chi connectivity index (χ1n) is 7.81. The fourth-order valence-corrected chi connectivity index (χ4v) is 3.91. The average Bonchev–Trinajstić information content (AvgIpc) is 3.19. The SMILES string of the molecule is Cn1c(SCC(=O)Nc2ccc(Cl)c(Cl)c2)nnc1C1CCCC1. The van der Waals surface area contributed by atoms with Crippen LogP contribution in [0.4, 0.5) is 5.69 Å². The summed E-state index contributed by atoms with van der Waals surface area (Å²) in [5.41, 5.74) is 0.625. The molecule has 128 valence electrons. The Labute approximate surface area is 155 Å². The first-order chi connectivity index (χ1) is 11.5. The molecular formula is C16H18Cl2N4OS. The third kappa shape index (κ3) is 4.05. The van der Waals surface area contributed by atoms with Crippen LogP contribution < -0.4 is 5.32 Å². The number of amides is 1. The quantitative estimate of drug-likeness (QED) is 0.770. The van der Waals surface area contributed by atoms with Crippen LogP contribution in [-0.4, -0.2) is 26.4 Å². The Bertz CT molecular complexity index is 744. The second-order valence-corrected chi connectivity index (χ2v) is 7.60. The molecule has 24 heavy (non-hydrogen) atoms. The summed E-state index contributed by atoms with van der Waals surface area (Å²) in [6, 6.07) is 5.01. The first kappa shape index (κ1) is 17.6. The lowest BCUT2D eigenvalue weighted by Crippen LogP contribution is -2.14. The molecule has 0 unspecified atom stereocenters. The zero-order valence-corrected chi connectivity index (χ0v) is 15.6. The molecule has 1 aromatic carbocycles. The van der Waals surface area contributed by atoms with Crippen LogP contribution in [0.3, 0.4) is 0 Å². The van der Waals surface area contributed by atoms with Crippen LogP contribution in [0, 0.1) is 0 Å². The highest BCUT2D eigenvalue weighted by Gasteiger charge is 2.23. The molecule has 1 aliphatic carbocycles. The molecule has 0 radical (unpaired) electrons. The minimum Gasteiger partial charge on any atom is -0.325 e. The Morgan fingerprint density at radius 1 is 1.29 bits per heavy atom. The van der Waals surface area contributed by atoms with E-state index in [0.29, 0.717) is 21.7 Å². The Balaban J connectivity index is 1.57. The van der Waals surface area contributed by atoms with E-state index in [2.05, 4.69) is 15.5 Å². The fraction of sp³-hybridized carbons (Fsp3) is 0.438. The smallest absolute Gasteiger partial charge is 0.234 e. The van der Waals surface area contributed by atoms with Gasteiger partial charge in [0.2, 0.25) is 5.91 Å². The van der Waals surface area contributed by atoms with Crippen molar-refractivity contribution >= 4 is 46.6 Å². The summed E-state index contributed by atoms with van der Waals surface area (Å²) in [5, 5.41) is 13.0. The standard InChI is InChI=1S/C16H18Cl2N4OS/c1-22-15(10-4-2-3-5-10)20-21-16(22)24-9-14(23)19-11-6-7-12(17)13(18)8-11/h6-8,10H,2-5,9H2,1H3,(H,19,23). The van der Waals surface area contributed by atoms with Gasteiger partial charge in [-0.2, -0.15) is 0 Å². The van der Waals surface area contributed by atoms with Gasteiger partial charge < -0.3 is 9.88 Å². The van der Waals surface area contributed by atoms with Crippen LogP contribution in [0.1, 0.15) is 37.4 Å². The average molecular weight is 385 g/mol. The minimum atomic E-state index is -0.121. The molecule has 0 bridgehead atoms. The molecule has 2 aromatic rings. The molecule has 0 spiro atoms. The molecule has 1 fully saturated rings. The van der Waals surface area contributed by atoms with Crippen LogP contribution in [-0.2, 0) is 11.8 Å². The van der Waals surface area contributed by atoms with E-state index < -0.39 is 0 Å². The van der Waals surface area contributed by atoms with Crippen LogP contribution in [0.25, 0.3) is 0 Å². The third-order valence-electron chi connectivity index (χ3n) is 4.12. The van der Waals surface area contributed by atoms with Gasteiger partial charge in [-0.25, -0.2) is 0 Å². The summed E-state index contributed by atoms with van der Waals surface area (Å²) in [5.74, 6) is 1.67. The van der Waals surface area contributed by atoms with Crippen molar-refractivity contribution in [2.45, 2.75) is 36.8 Å². The third-order valence-corrected chi connectivity index (χ3v) is 5.88. The van der Waals surface area contributed by atoms with E-state index >= 15 is 0 Å². The number of nitrogens with zero attached hydrogens (tertiary/aromatic N) is 3. The molecule has 0 atom stereocenters. The maximum Gasteiger partial charge on any atom is 0.234 e. The maximum atomic E-state index is 12.1. The Morgan fingerprint density at radius 3 is 2.75 bits per heavy atom. The lowest BCUT2D eigenvalue weighted by atomic mass is 10.1. The van der Waals surface area contributed by atoms with Crippen LogP contribution in [0.5, 0.6) is 0 Å². The van der Waals surface area contributed by atoms with Crippen molar-refractivity contribution in [3.05, 3.63) is 34.1 Å². The monoisotopic (exact) mass is 384 g/mol. The van der Waals surface area contributed by atoms with Crippen LogP contribution in [0.2, 0.25) is 10.0 Å². The molecular weight excluding hydrogens is 367 g/mol. The molecule has 3 rings (SSSR count). The van der Waals surface area contributed by atoms with Gasteiger partial charge in [0.1, 0.15) is 5.82 Å². The van der Waals surface area contributed by atoms with Gasteiger partial charge in [0.25, 0.3) is 0 Å². The highest BCUT2D eigenvalue weighted by atomic mass is 35.5. The molecule has 1 amide bonds. The molecule has 1 heterocycles. The van der Waals surface area contributed by atoms with Crippen molar-refractivity contribution in [3.8, 4) is 0 Å². The first-order valence-corrected chi connectivity index (χ1v) is 9.55. The number of hydrogen-bond donors (Lipinski definition) is 1. The normalized spacial score (nSPS) is 15.0. The molecule has 1 N–H and O–H groups in total. The van der Waals surface area contributed by atoms with Gasteiger partial charge in [0.15, 0.2) is 5.16 Å². The van der Waals surface area contributed by atoms with Crippen molar-refractivity contribution in [1.82, 2.24) is 14.8 Å². The van der Waals surface area contributed by atoms with E-state index in [1.807, 2.05) is 11.6 Å². The zero-order valence-electron chi connectivity index (χ0n) is 13.3. The minimum absolute atomic E-state index is 0.121. The van der Waals surface area contributed by atoms with Gasteiger partial charge in [-0.05, 0) is 31.0 Å². The summed E-state index contributed by atoms with van der Waals surface area (Å²) < 4.78 is 2.01. The van der Waals surface area contributed by atoms with Gasteiger partial charge in [-0.1, -0.05) is 47.8 Å². The predicted octanol–water partition coefficient (Wildman–Crippen LogP) is 4.51. The molecule has 1 aliphatic rings. The number of carbonyl (C=O) groups is 1. The molecule has 0 aliphatic heterocycles. The van der Waals surface area contributed by atoms with E-state index in [-0.39, 0.29) is 11.7 Å². The topological polar surface area (TPSA) is 59.8 Å². The number of rotatable bonds is 5. The second kappa shape index (κ2) is 7.76. The van der Waals surface area contributed by atoms with Gasteiger partial charge in [0, 0.05) is 18.7 Å². The maximum absolute atomic E-state index is 12.1. The summed E-state index contributed by atoms with van der Waals surface area (Å²) in [4.78, 5) is 12.1. The Hall–Kier alpha value is -1.24. The lowest BCUT2D eigenvalue weighted by molar-refractivity contribution is -0.113. The number of thioether (sulfide) groups is 1. The van der Waals surface area contributed by atoms with Gasteiger partial charge in [0.05, 0.1) is 15.8 Å². The number of aromatic nitrogens is 3. The lowest BCUT2D eigenvalue weighted by Gasteiger charge is -2.09. The van der Waals surface area contributed by atoms with Crippen molar-refractivity contribution in [2.24, 2.45) is 7.05 Å². The van der Waals surface area contributed by atoms with Gasteiger partial charge in [-0.3, -0.25) is 4.79 Å². The summed E-state index contributed by atoms with van der Waals surface area (Å²) >= 11 is 13.2. The summed E-state index contributed by atoms with van der Waals surface area (Å²) in [7, 11) is 1.97. The van der Waals surface area contributed by atoms with Crippen LogP contribution in [0.15, 0.2) is 23.4 Å². The van der Waals surface area contributed by atoms with Crippen molar-refractivity contribution in [2.75, 3.05) is 11.1 Å². The largest absolute Gasteiger partial charge is 0.325 e. The van der Waals surface area contributed by atoms with Gasteiger partial charge >= 0.3 is 0 Å². The van der Waals surface area contributed by atoms with E-state index in [9.17, 15) is 4.79 Å². The predicted molar refractivity (Wildman–Crippen MR) is 98.0 cm³/mol. The van der Waals surface area contributed by atoms with Crippen molar-refractivity contribution in [1.29, 1.82) is 0 Å². The van der Waals surface area contributed by atoms with Crippen molar-refractivity contribution < 1.29 is 4.79 Å². The molecule has 0 saturated heterocycles. The van der Waals surface area contributed by atoms with E-state index in [1.165, 1.54) is 37.4 Å². The molecule has 1 saturated carbocycles. The number of halogens is 2. The number of anilines is 1. The highest BCUT2D eigenvalue weighted by molar-refractivity contribution is 7.99. The highest BCUT2D eigenvalue weighted by Crippen LogP contribution is 2.34. The van der Waals surface area contributed by atoms with Crippen molar-refractivity contribution in [3.63, 3.8) is 0 Å². The summed E-state index contributed by atoms with van der Waals surface area (Å²) in [6.45, 7) is 0. The van der Waals surface area contributed by atoms with Gasteiger partial charge in [-0.15, -0.1) is 10.2 Å². The van der Waals surface area contributed by atoms with E-state index in [0.717, 1.165) is 11.0 Å². The Kier molecular flexibility index (Phi) is 5.69. The fourth-order valence-electron chi connectivity index (χ4n) is 2.89.